The smallest absolute Gasteiger partial charge is 0.257 e. The molecule has 0 unspecified atom stereocenters. The molecule has 0 radical (unpaired) electrons. The molecule has 1 aromatic carbocycles. The Balaban J connectivity index is 1.72. The van der Waals surface area contributed by atoms with E-state index in [9.17, 15) is 4.79 Å². The molecule has 1 aromatic heterocycles. The summed E-state index contributed by atoms with van der Waals surface area (Å²) in [5.41, 5.74) is 6.47. The van der Waals surface area contributed by atoms with E-state index in [1.165, 1.54) is 6.33 Å². The van der Waals surface area contributed by atoms with Gasteiger partial charge in [0.05, 0.1) is 0 Å². The molecule has 2 rings (SSSR count). The highest BCUT2D eigenvalue weighted by molar-refractivity contribution is 5.77. The van der Waals surface area contributed by atoms with Crippen LogP contribution in [-0.4, -0.2) is 34.2 Å². The van der Waals surface area contributed by atoms with Gasteiger partial charge in [-0.3, -0.25) is 9.89 Å². The number of para-hydroxylation sites is 1. The zero-order chi connectivity index (χ0) is 14.2. The van der Waals surface area contributed by atoms with Crippen LogP contribution in [0, 0.1) is 0 Å². The number of rotatable bonds is 7. The van der Waals surface area contributed by atoms with Crippen molar-refractivity contribution in [2.24, 2.45) is 5.73 Å². The van der Waals surface area contributed by atoms with Gasteiger partial charge >= 0.3 is 0 Å². The molecular weight excluding hydrogens is 258 g/mol. The average molecular weight is 275 g/mol. The highest BCUT2D eigenvalue weighted by Crippen LogP contribution is 2.16. The Bertz CT molecular complexity index is 541. The first kappa shape index (κ1) is 14.0. The number of H-pyrrole nitrogens is 1. The Hall–Kier alpha value is -2.41. The summed E-state index contributed by atoms with van der Waals surface area (Å²) in [5.74, 6) is 1.19. The van der Waals surface area contributed by atoms with Crippen molar-refractivity contribution in [2.75, 3.05) is 13.2 Å². The van der Waals surface area contributed by atoms with Crippen LogP contribution in [0.25, 0.3) is 0 Å². The van der Waals surface area contributed by atoms with E-state index in [4.69, 9.17) is 10.5 Å². The summed E-state index contributed by atoms with van der Waals surface area (Å²) in [6, 6.07) is 7.39. The Morgan fingerprint density at radius 3 is 3.00 bits per heavy atom. The zero-order valence-electron chi connectivity index (χ0n) is 11.0. The van der Waals surface area contributed by atoms with Crippen LogP contribution in [0.2, 0.25) is 0 Å². The van der Waals surface area contributed by atoms with Crippen LogP contribution in [0.3, 0.4) is 0 Å². The minimum absolute atomic E-state index is 0.0343. The molecule has 0 aliphatic rings. The molecule has 7 heteroatoms. The van der Waals surface area contributed by atoms with Gasteiger partial charge in [0.15, 0.2) is 6.61 Å². The predicted molar refractivity (Wildman–Crippen MR) is 72.9 cm³/mol. The summed E-state index contributed by atoms with van der Waals surface area (Å²) in [5, 5.41) is 9.20. The zero-order valence-corrected chi connectivity index (χ0v) is 11.0. The number of aromatic nitrogens is 3. The second kappa shape index (κ2) is 7.25. The number of benzene rings is 1. The molecule has 1 amide bonds. The number of nitrogens with one attached hydrogen (secondary N) is 2. The van der Waals surface area contributed by atoms with Crippen LogP contribution in [0.4, 0.5) is 0 Å². The fourth-order valence-electron chi connectivity index (χ4n) is 1.68. The Morgan fingerprint density at radius 1 is 1.40 bits per heavy atom. The number of aromatic amines is 1. The fraction of sp³-hybridized carbons (Fsp3) is 0.308. The maximum Gasteiger partial charge on any atom is 0.257 e. The van der Waals surface area contributed by atoms with Gasteiger partial charge in [0, 0.05) is 25.1 Å². The van der Waals surface area contributed by atoms with Crippen LogP contribution in [0.5, 0.6) is 5.75 Å². The van der Waals surface area contributed by atoms with Crippen molar-refractivity contribution in [2.45, 2.75) is 13.0 Å². The summed E-state index contributed by atoms with van der Waals surface area (Å²) in [4.78, 5) is 15.6. The lowest BCUT2D eigenvalue weighted by Crippen LogP contribution is -2.30. The molecule has 4 N–H and O–H groups in total. The molecule has 0 bridgehead atoms. The van der Waals surface area contributed by atoms with Crippen molar-refractivity contribution < 1.29 is 9.53 Å². The van der Waals surface area contributed by atoms with Crippen LogP contribution in [-0.2, 0) is 17.8 Å². The van der Waals surface area contributed by atoms with Gasteiger partial charge in [0.25, 0.3) is 5.91 Å². The van der Waals surface area contributed by atoms with Gasteiger partial charge in [-0.1, -0.05) is 18.2 Å². The van der Waals surface area contributed by atoms with Crippen molar-refractivity contribution in [1.82, 2.24) is 20.5 Å². The molecule has 0 saturated heterocycles. The number of hydrogen-bond acceptors (Lipinski definition) is 5. The third kappa shape index (κ3) is 4.06. The van der Waals surface area contributed by atoms with E-state index in [0.717, 1.165) is 11.4 Å². The number of amides is 1. The maximum absolute atomic E-state index is 11.6. The van der Waals surface area contributed by atoms with Crippen molar-refractivity contribution in [3.63, 3.8) is 0 Å². The molecule has 0 spiro atoms. The minimum Gasteiger partial charge on any atom is -0.483 e. The molecular formula is C13H17N5O2. The van der Waals surface area contributed by atoms with E-state index in [1.54, 1.807) is 6.07 Å². The third-order valence-electron chi connectivity index (χ3n) is 2.70. The number of nitrogens with two attached hydrogens (primary N) is 1. The highest BCUT2D eigenvalue weighted by Gasteiger charge is 2.05. The maximum atomic E-state index is 11.6. The van der Waals surface area contributed by atoms with Gasteiger partial charge in [-0.05, 0) is 6.07 Å². The Morgan fingerprint density at radius 2 is 2.25 bits per heavy atom. The van der Waals surface area contributed by atoms with Crippen molar-refractivity contribution in [3.8, 4) is 5.75 Å². The SMILES string of the molecule is NCc1ccccc1OCC(=O)NCCc1ncn[nH]1. The van der Waals surface area contributed by atoms with Crippen molar-refractivity contribution >= 4 is 5.91 Å². The molecule has 0 aliphatic heterocycles. The van der Waals surface area contributed by atoms with Crippen LogP contribution in [0.1, 0.15) is 11.4 Å². The van der Waals surface area contributed by atoms with E-state index in [1.807, 2.05) is 18.2 Å². The molecule has 2 aromatic rings. The first-order valence-electron chi connectivity index (χ1n) is 6.31. The first-order chi connectivity index (χ1) is 9.79. The molecule has 106 valence electrons. The average Bonchev–Trinajstić information content (AvgIpc) is 2.98. The van der Waals surface area contributed by atoms with E-state index < -0.39 is 0 Å². The molecule has 0 fully saturated rings. The summed E-state index contributed by atoms with van der Waals surface area (Å²) < 4.78 is 5.45. The van der Waals surface area contributed by atoms with Crippen molar-refractivity contribution in [3.05, 3.63) is 42.0 Å². The molecule has 7 nitrogen and oxygen atoms in total. The summed E-state index contributed by atoms with van der Waals surface area (Å²) >= 11 is 0. The molecule has 0 atom stereocenters. The highest BCUT2D eigenvalue weighted by atomic mass is 16.5. The lowest BCUT2D eigenvalue weighted by atomic mass is 10.2. The Labute approximate surface area is 116 Å². The number of carbonyl (C=O) groups is 1. The number of hydrogen-bond donors (Lipinski definition) is 3. The van der Waals surface area contributed by atoms with Gasteiger partial charge < -0.3 is 15.8 Å². The van der Waals surface area contributed by atoms with E-state index >= 15 is 0 Å². The minimum atomic E-state index is -0.184. The van der Waals surface area contributed by atoms with Crippen molar-refractivity contribution in [1.29, 1.82) is 0 Å². The monoisotopic (exact) mass is 275 g/mol. The van der Waals surface area contributed by atoms with Crippen LogP contribution < -0.4 is 15.8 Å². The quantitative estimate of drug-likeness (QED) is 0.659. The normalized spacial score (nSPS) is 10.2. The van der Waals surface area contributed by atoms with Crippen LogP contribution in [0.15, 0.2) is 30.6 Å². The lowest BCUT2D eigenvalue weighted by molar-refractivity contribution is -0.123. The summed E-state index contributed by atoms with van der Waals surface area (Å²) in [6.07, 6.45) is 2.04. The topological polar surface area (TPSA) is 106 Å². The standard InChI is InChI=1S/C13H17N5O2/c14-7-10-3-1-2-4-11(10)20-8-13(19)15-6-5-12-16-9-17-18-12/h1-4,9H,5-8,14H2,(H,15,19)(H,16,17,18). The predicted octanol–water partition coefficient (Wildman–Crippen LogP) is 0.00110. The fourth-order valence-corrected chi connectivity index (χ4v) is 1.68. The summed E-state index contributed by atoms with van der Waals surface area (Å²) in [7, 11) is 0. The molecule has 1 heterocycles. The van der Waals surface area contributed by atoms with Gasteiger partial charge in [-0.25, -0.2) is 4.98 Å². The van der Waals surface area contributed by atoms with E-state index in [-0.39, 0.29) is 12.5 Å². The molecule has 0 saturated carbocycles. The number of ether oxygens (including phenoxy) is 1. The van der Waals surface area contributed by atoms with Crippen LogP contribution >= 0.6 is 0 Å². The third-order valence-corrected chi connectivity index (χ3v) is 2.70. The van der Waals surface area contributed by atoms with Gasteiger partial charge in [-0.15, -0.1) is 0 Å². The Kier molecular flexibility index (Phi) is 5.08. The van der Waals surface area contributed by atoms with Gasteiger partial charge in [-0.2, -0.15) is 5.10 Å². The summed E-state index contributed by atoms with van der Waals surface area (Å²) in [6.45, 7) is 0.826. The van der Waals surface area contributed by atoms with Gasteiger partial charge in [0.1, 0.15) is 17.9 Å². The van der Waals surface area contributed by atoms with Gasteiger partial charge in [0.2, 0.25) is 0 Å². The lowest BCUT2D eigenvalue weighted by Gasteiger charge is -2.10. The molecule has 20 heavy (non-hydrogen) atoms. The van der Waals surface area contributed by atoms with E-state index in [2.05, 4.69) is 20.5 Å². The number of carbonyl (C=O) groups excluding carboxylic acids is 1. The second-order valence-corrected chi connectivity index (χ2v) is 4.13. The second-order valence-electron chi connectivity index (χ2n) is 4.13. The molecule has 0 aliphatic carbocycles. The first-order valence-corrected chi connectivity index (χ1v) is 6.31. The van der Waals surface area contributed by atoms with E-state index in [0.29, 0.717) is 25.3 Å². The number of nitrogens with zero attached hydrogens (tertiary/aromatic N) is 2. The largest absolute Gasteiger partial charge is 0.483 e.